The summed E-state index contributed by atoms with van der Waals surface area (Å²) in [6.45, 7) is 0.686. The highest BCUT2D eigenvalue weighted by molar-refractivity contribution is 7.99. The summed E-state index contributed by atoms with van der Waals surface area (Å²) in [5.41, 5.74) is 0.463. The largest absolute Gasteiger partial charge is 0.573 e. The molecular formula is C17H20F3N5O2S. The van der Waals surface area contributed by atoms with E-state index in [9.17, 15) is 18.0 Å². The normalized spacial score (nSPS) is 15.4. The second-order valence-electron chi connectivity index (χ2n) is 6.51. The fourth-order valence-electron chi connectivity index (χ4n) is 3.05. The molecule has 1 fully saturated rings. The number of benzene rings is 1. The molecule has 0 spiro atoms. The summed E-state index contributed by atoms with van der Waals surface area (Å²) < 4.78 is 41.9. The molecule has 0 bridgehead atoms. The van der Waals surface area contributed by atoms with Crippen molar-refractivity contribution in [3.05, 3.63) is 24.3 Å². The van der Waals surface area contributed by atoms with Crippen LogP contribution in [-0.4, -0.2) is 44.8 Å². The summed E-state index contributed by atoms with van der Waals surface area (Å²) in [5.74, 6) is 0.271. The molecule has 2 aromatic rings. The van der Waals surface area contributed by atoms with E-state index >= 15 is 0 Å². The maximum atomic E-state index is 12.2. The van der Waals surface area contributed by atoms with Crippen LogP contribution in [0.2, 0.25) is 0 Å². The molecule has 1 aromatic carbocycles. The zero-order valence-electron chi connectivity index (χ0n) is 15.0. The van der Waals surface area contributed by atoms with E-state index in [1.165, 1.54) is 48.2 Å². The molecule has 1 amide bonds. The van der Waals surface area contributed by atoms with Crippen LogP contribution in [0.5, 0.6) is 5.75 Å². The van der Waals surface area contributed by atoms with Crippen molar-refractivity contribution >= 4 is 17.7 Å². The maximum absolute atomic E-state index is 12.2. The molecule has 28 heavy (non-hydrogen) atoms. The van der Waals surface area contributed by atoms with Gasteiger partial charge in [-0.15, -0.1) is 18.3 Å². The van der Waals surface area contributed by atoms with Crippen LogP contribution in [0.4, 0.5) is 13.2 Å². The van der Waals surface area contributed by atoms with Gasteiger partial charge in [-0.1, -0.05) is 31.0 Å². The van der Waals surface area contributed by atoms with Crippen LogP contribution in [0.1, 0.15) is 32.1 Å². The Bertz CT molecular complexity index is 776. The highest BCUT2D eigenvalue weighted by Gasteiger charge is 2.31. The van der Waals surface area contributed by atoms with Gasteiger partial charge in [-0.25, -0.2) is 0 Å². The van der Waals surface area contributed by atoms with Gasteiger partial charge in [-0.3, -0.25) is 4.79 Å². The standard InChI is InChI=1S/C17H20F3N5O2S/c18-17(19,20)27-14-8-6-13(7-9-14)25-16(22-23-24-25)28-11-15(26)21-10-12-4-2-1-3-5-12/h6-9,12H,1-5,10-11H2,(H,21,26). The zero-order valence-corrected chi connectivity index (χ0v) is 15.8. The van der Waals surface area contributed by atoms with E-state index in [0.29, 0.717) is 23.3 Å². The van der Waals surface area contributed by atoms with Gasteiger partial charge in [-0.2, -0.15) is 4.68 Å². The van der Waals surface area contributed by atoms with Crippen LogP contribution >= 0.6 is 11.8 Å². The van der Waals surface area contributed by atoms with E-state index in [1.807, 2.05) is 0 Å². The van der Waals surface area contributed by atoms with Gasteiger partial charge in [-0.05, 0) is 53.5 Å². The molecule has 3 rings (SSSR count). The Hall–Kier alpha value is -2.30. The number of halogens is 3. The number of hydrogen-bond acceptors (Lipinski definition) is 6. The molecule has 152 valence electrons. The Kier molecular flexibility index (Phi) is 6.76. The number of carbonyl (C=O) groups excluding carboxylic acids is 1. The molecule has 0 unspecified atom stereocenters. The second kappa shape index (κ2) is 9.26. The number of thioether (sulfide) groups is 1. The number of aromatic nitrogens is 4. The predicted octanol–water partition coefficient (Wildman–Crippen LogP) is 3.35. The average Bonchev–Trinajstić information content (AvgIpc) is 3.13. The molecule has 0 atom stereocenters. The first-order chi connectivity index (χ1) is 13.4. The second-order valence-corrected chi connectivity index (χ2v) is 7.45. The first-order valence-electron chi connectivity index (χ1n) is 8.95. The van der Waals surface area contributed by atoms with Gasteiger partial charge >= 0.3 is 6.36 Å². The molecule has 0 radical (unpaired) electrons. The number of nitrogens with zero attached hydrogens (tertiary/aromatic N) is 4. The van der Waals surface area contributed by atoms with Gasteiger partial charge in [0.15, 0.2) is 0 Å². The van der Waals surface area contributed by atoms with Gasteiger partial charge in [0.25, 0.3) is 0 Å². The van der Waals surface area contributed by atoms with Crippen LogP contribution in [0.3, 0.4) is 0 Å². The number of rotatable bonds is 7. The summed E-state index contributed by atoms with van der Waals surface area (Å²) >= 11 is 1.16. The van der Waals surface area contributed by atoms with Crippen LogP contribution in [0, 0.1) is 5.92 Å². The Morgan fingerprint density at radius 1 is 1.21 bits per heavy atom. The van der Waals surface area contributed by atoms with E-state index in [-0.39, 0.29) is 17.4 Å². The third-order valence-corrected chi connectivity index (χ3v) is 5.32. The minimum Gasteiger partial charge on any atom is -0.406 e. The molecule has 1 aliphatic rings. The first kappa shape index (κ1) is 20.4. The minimum absolute atomic E-state index is 0.0981. The third-order valence-electron chi connectivity index (χ3n) is 4.40. The summed E-state index contributed by atoms with van der Waals surface area (Å²) in [6.07, 6.45) is 1.27. The molecule has 1 aromatic heterocycles. The maximum Gasteiger partial charge on any atom is 0.573 e. The highest BCUT2D eigenvalue weighted by Crippen LogP contribution is 2.25. The SMILES string of the molecule is O=C(CSc1nnnn1-c1ccc(OC(F)(F)F)cc1)NCC1CCCCC1. The van der Waals surface area contributed by atoms with Crippen molar-refractivity contribution in [1.29, 1.82) is 0 Å². The highest BCUT2D eigenvalue weighted by atomic mass is 32.2. The number of tetrazole rings is 1. The van der Waals surface area contributed by atoms with E-state index in [4.69, 9.17) is 0 Å². The Labute approximate surface area is 164 Å². The predicted molar refractivity (Wildman–Crippen MR) is 96.1 cm³/mol. The zero-order chi connectivity index (χ0) is 20.0. The molecule has 7 nitrogen and oxygen atoms in total. The lowest BCUT2D eigenvalue weighted by Crippen LogP contribution is -2.31. The molecule has 1 aliphatic carbocycles. The van der Waals surface area contributed by atoms with Gasteiger partial charge in [0.1, 0.15) is 5.75 Å². The topological polar surface area (TPSA) is 81.9 Å². The Morgan fingerprint density at radius 3 is 2.61 bits per heavy atom. The fourth-order valence-corrected chi connectivity index (χ4v) is 3.77. The lowest BCUT2D eigenvalue weighted by atomic mass is 9.89. The lowest BCUT2D eigenvalue weighted by molar-refractivity contribution is -0.274. The smallest absolute Gasteiger partial charge is 0.406 e. The molecule has 1 heterocycles. The molecule has 0 aliphatic heterocycles. The van der Waals surface area contributed by atoms with Crippen molar-refractivity contribution in [1.82, 2.24) is 25.5 Å². The van der Waals surface area contributed by atoms with E-state index in [0.717, 1.165) is 24.6 Å². The van der Waals surface area contributed by atoms with Crippen LogP contribution in [0.25, 0.3) is 5.69 Å². The van der Waals surface area contributed by atoms with Crippen molar-refractivity contribution in [3.63, 3.8) is 0 Å². The number of hydrogen-bond donors (Lipinski definition) is 1. The molecular weight excluding hydrogens is 395 g/mol. The summed E-state index contributed by atoms with van der Waals surface area (Å²) in [6, 6.07) is 5.17. The number of ether oxygens (including phenoxy) is 1. The molecule has 11 heteroatoms. The lowest BCUT2D eigenvalue weighted by Gasteiger charge is -2.21. The quantitative estimate of drug-likeness (QED) is 0.699. The van der Waals surface area contributed by atoms with E-state index in [1.54, 1.807) is 0 Å². The van der Waals surface area contributed by atoms with Gasteiger partial charge in [0.2, 0.25) is 11.1 Å². The Balaban J connectivity index is 1.52. The van der Waals surface area contributed by atoms with Crippen LogP contribution in [-0.2, 0) is 4.79 Å². The van der Waals surface area contributed by atoms with Crippen molar-refractivity contribution in [2.24, 2.45) is 5.92 Å². The van der Waals surface area contributed by atoms with Crippen molar-refractivity contribution < 1.29 is 22.7 Å². The average molecular weight is 415 g/mol. The van der Waals surface area contributed by atoms with Crippen LogP contribution in [0.15, 0.2) is 29.4 Å². The third kappa shape index (κ3) is 6.11. The number of amides is 1. The monoisotopic (exact) mass is 415 g/mol. The minimum atomic E-state index is -4.75. The van der Waals surface area contributed by atoms with Crippen molar-refractivity contribution in [3.8, 4) is 11.4 Å². The van der Waals surface area contributed by atoms with E-state index < -0.39 is 6.36 Å². The number of alkyl halides is 3. The van der Waals surface area contributed by atoms with Gasteiger partial charge in [0, 0.05) is 6.54 Å². The molecule has 1 saturated carbocycles. The number of nitrogens with one attached hydrogen (secondary N) is 1. The fraction of sp³-hybridized carbons (Fsp3) is 0.529. The number of carbonyl (C=O) groups is 1. The first-order valence-corrected chi connectivity index (χ1v) is 9.93. The summed E-state index contributed by atoms with van der Waals surface area (Å²) in [4.78, 5) is 12.1. The van der Waals surface area contributed by atoms with Crippen LogP contribution < -0.4 is 10.1 Å². The van der Waals surface area contributed by atoms with E-state index in [2.05, 4.69) is 25.6 Å². The molecule has 1 N–H and O–H groups in total. The van der Waals surface area contributed by atoms with Gasteiger partial charge in [0.05, 0.1) is 11.4 Å². The molecule has 0 saturated heterocycles. The van der Waals surface area contributed by atoms with Crippen molar-refractivity contribution in [2.45, 2.75) is 43.6 Å². The Morgan fingerprint density at radius 2 is 1.93 bits per heavy atom. The van der Waals surface area contributed by atoms with Gasteiger partial charge < -0.3 is 10.1 Å². The van der Waals surface area contributed by atoms with Crippen molar-refractivity contribution in [2.75, 3.05) is 12.3 Å². The summed E-state index contributed by atoms with van der Waals surface area (Å²) in [7, 11) is 0. The summed E-state index contributed by atoms with van der Waals surface area (Å²) in [5, 5.41) is 14.6.